The van der Waals surface area contributed by atoms with Gasteiger partial charge in [-0.3, -0.25) is 4.79 Å². The highest BCUT2D eigenvalue weighted by Gasteiger charge is 2.18. The van der Waals surface area contributed by atoms with Crippen LogP contribution in [-0.2, 0) is 14.8 Å². The van der Waals surface area contributed by atoms with Crippen molar-refractivity contribution in [1.29, 1.82) is 0 Å². The molecule has 0 heterocycles. The zero-order valence-electron chi connectivity index (χ0n) is 11.8. The number of nitrogens with zero attached hydrogens (tertiary/aromatic N) is 1. The van der Waals surface area contributed by atoms with E-state index in [-0.39, 0.29) is 23.2 Å². The van der Waals surface area contributed by atoms with Crippen LogP contribution in [0.1, 0.15) is 13.8 Å². The maximum absolute atomic E-state index is 11.7. The molecule has 0 aliphatic heterocycles. The zero-order chi connectivity index (χ0) is 15.5. The second kappa shape index (κ2) is 6.10. The van der Waals surface area contributed by atoms with E-state index in [0.29, 0.717) is 5.69 Å². The highest BCUT2D eigenvalue weighted by molar-refractivity contribution is 7.89. The second-order valence-electron chi connectivity index (χ2n) is 4.62. The molecule has 20 heavy (non-hydrogen) atoms. The molecule has 5 N–H and O–H groups in total. The van der Waals surface area contributed by atoms with E-state index in [0.717, 1.165) is 0 Å². The lowest BCUT2D eigenvalue weighted by Crippen LogP contribution is -2.38. The topological polar surface area (TPSA) is 119 Å². The molecule has 0 bridgehead atoms. The number of carbonyl (C=O) groups is 1. The molecule has 0 saturated heterocycles. The Balaban J connectivity index is 3.22. The number of hydrogen-bond donors (Lipinski definition) is 3. The smallest absolute Gasteiger partial charge is 0.242 e. The number of hydrogen-bond acceptors (Lipinski definition) is 5. The van der Waals surface area contributed by atoms with Crippen molar-refractivity contribution in [2.24, 2.45) is 5.73 Å². The quantitative estimate of drug-likeness (QED) is 0.633. The van der Waals surface area contributed by atoms with Crippen LogP contribution in [0.25, 0.3) is 0 Å². The molecule has 1 aromatic carbocycles. The maximum atomic E-state index is 11.7. The van der Waals surface area contributed by atoms with Crippen LogP contribution >= 0.6 is 0 Å². The first kappa shape index (κ1) is 16.3. The fourth-order valence-corrected chi connectivity index (χ4v) is 2.65. The molecule has 1 aromatic rings. The first-order chi connectivity index (χ1) is 9.19. The molecule has 0 aromatic heterocycles. The van der Waals surface area contributed by atoms with Gasteiger partial charge in [-0.2, -0.15) is 0 Å². The lowest BCUT2D eigenvalue weighted by molar-refractivity contribution is -0.116. The van der Waals surface area contributed by atoms with E-state index in [1.165, 1.54) is 19.2 Å². The van der Waals surface area contributed by atoms with E-state index >= 15 is 0 Å². The minimum absolute atomic E-state index is 0.00605. The third-order valence-electron chi connectivity index (χ3n) is 2.83. The Labute approximate surface area is 119 Å². The van der Waals surface area contributed by atoms with Gasteiger partial charge in [-0.15, -0.1) is 0 Å². The average molecular weight is 300 g/mol. The molecule has 8 heteroatoms. The number of nitrogens with one attached hydrogen (secondary N) is 1. The Kier molecular flexibility index (Phi) is 4.96. The van der Waals surface area contributed by atoms with Crippen molar-refractivity contribution in [3.8, 4) is 0 Å². The molecule has 0 spiro atoms. The number of benzene rings is 1. The first-order valence-corrected chi connectivity index (χ1v) is 7.55. The fraction of sp³-hybridized carbons (Fsp3) is 0.417. The van der Waals surface area contributed by atoms with Crippen LogP contribution in [0.5, 0.6) is 0 Å². The Morgan fingerprint density at radius 2 is 2.00 bits per heavy atom. The lowest BCUT2D eigenvalue weighted by Gasteiger charge is -2.28. The summed E-state index contributed by atoms with van der Waals surface area (Å²) < 4.78 is 25.7. The molecule has 0 atom stereocenters. The summed E-state index contributed by atoms with van der Waals surface area (Å²) in [4.78, 5) is 12.8. The monoisotopic (exact) mass is 300 g/mol. The van der Waals surface area contributed by atoms with Crippen molar-refractivity contribution in [2.45, 2.75) is 24.8 Å². The summed E-state index contributed by atoms with van der Waals surface area (Å²) in [6.07, 6.45) is 0. The van der Waals surface area contributed by atoms with Crippen LogP contribution in [0.4, 0.5) is 11.4 Å². The van der Waals surface area contributed by atoms with Gasteiger partial charge in [0.2, 0.25) is 15.9 Å². The standard InChI is InChI=1S/C12H20N4O3S/c1-8(2)16(7-12(14)17)9-4-5-11(10(13)6-9)20(18,19)15-3/h4-6,8,15H,7,13H2,1-3H3,(H2,14,17). The summed E-state index contributed by atoms with van der Waals surface area (Å²) in [7, 11) is -2.28. The van der Waals surface area contributed by atoms with E-state index < -0.39 is 15.9 Å². The van der Waals surface area contributed by atoms with Crippen molar-refractivity contribution in [3.05, 3.63) is 18.2 Å². The van der Waals surface area contributed by atoms with Gasteiger partial charge in [0.15, 0.2) is 0 Å². The van der Waals surface area contributed by atoms with Crippen molar-refractivity contribution in [1.82, 2.24) is 4.72 Å². The summed E-state index contributed by atoms with van der Waals surface area (Å²) in [6, 6.07) is 4.55. The molecule has 0 aliphatic rings. The summed E-state index contributed by atoms with van der Waals surface area (Å²) in [5, 5.41) is 0. The Hall–Kier alpha value is -1.80. The Bertz CT molecular complexity index is 599. The Morgan fingerprint density at radius 1 is 1.40 bits per heavy atom. The van der Waals surface area contributed by atoms with E-state index in [9.17, 15) is 13.2 Å². The second-order valence-corrected chi connectivity index (χ2v) is 6.47. The minimum atomic E-state index is -3.60. The fourth-order valence-electron chi connectivity index (χ4n) is 1.81. The van der Waals surface area contributed by atoms with Gasteiger partial charge in [-0.1, -0.05) is 0 Å². The molecular weight excluding hydrogens is 280 g/mol. The highest BCUT2D eigenvalue weighted by atomic mass is 32.2. The highest BCUT2D eigenvalue weighted by Crippen LogP contribution is 2.25. The molecule has 0 saturated carbocycles. The summed E-state index contributed by atoms with van der Waals surface area (Å²) in [6.45, 7) is 3.84. The molecule has 0 aliphatic carbocycles. The molecular formula is C12H20N4O3S. The molecule has 112 valence electrons. The largest absolute Gasteiger partial charge is 0.398 e. The van der Waals surface area contributed by atoms with E-state index in [1.807, 2.05) is 13.8 Å². The number of anilines is 2. The predicted octanol–water partition coefficient (Wildman–Crippen LogP) is -0.123. The molecule has 0 unspecified atom stereocenters. The SMILES string of the molecule is CNS(=O)(=O)c1ccc(N(CC(N)=O)C(C)C)cc1N. The molecule has 0 fully saturated rings. The van der Waals surface area contributed by atoms with Crippen LogP contribution < -0.4 is 21.1 Å². The number of amides is 1. The van der Waals surface area contributed by atoms with E-state index in [4.69, 9.17) is 11.5 Å². The number of carbonyl (C=O) groups excluding carboxylic acids is 1. The normalized spacial score (nSPS) is 11.6. The number of nitrogen functional groups attached to an aromatic ring is 1. The zero-order valence-corrected chi connectivity index (χ0v) is 12.6. The van der Waals surface area contributed by atoms with Gasteiger partial charge in [0.25, 0.3) is 0 Å². The number of nitrogens with two attached hydrogens (primary N) is 2. The average Bonchev–Trinajstić information content (AvgIpc) is 2.35. The molecule has 1 rings (SSSR count). The molecule has 0 radical (unpaired) electrons. The lowest BCUT2D eigenvalue weighted by atomic mass is 10.2. The van der Waals surface area contributed by atoms with Crippen LogP contribution in [0.15, 0.2) is 23.1 Å². The maximum Gasteiger partial charge on any atom is 0.242 e. The number of rotatable bonds is 6. The third kappa shape index (κ3) is 3.61. The van der Waals surface area contributed by atoms with Gasteiger partial charge >= 0.3 is 0 Å². The molecule has 7 nitrogen and oxygen atoms in total. The summed E-state index contributed by atoms with van der Waals surface area (Å²) >= 11 is 0. The van der Waals surface area contributed by atoms with Crippen LogP contribution in [0.3, 0.4) is 0 Å². The van der Waals surface area contributed by atoms with Crippen LogP contribution in [0, 0.1) is 0 Å². The van der Waals surface area contributed by atoms with Gasteiger partial charge < -0.3 is 16.4 Å². The molecule has 1 amide bonds. The van der Waals surface area contributed by atoms with E-state index in [2.05, 4.69) is 4.72 Å². The predicted molar refractivity (Wildman–Crippen MR) is 78.8 cm³/mol. The third-order valence-corrected chi connectivity index (χ3v) is 4.32. The van der Waals surface area contributed by atoms with Gasteiger partial charge in [0.1, 0.15) is 4.90 Å². The van der Waals surface area contributed by atoms with Crippen molar-refractivity contribution >= 4 is 27.3 Å². The summed E-state index contributed by atoms with van der Waals surface area (Å²) in [5.41, 5.74) is 11.8. The number of primary amides is 1. The van der Waals surface area contributed by atoms with Crippen molar-refractivity contribution < 1.29 is 13.2 Å². The van der Waals surface area contributed by atoms with Crippen LogP contribution in [0.2, 0.25) is 0 Å². The Morgan fingerprint density at radius 3 is 2.40 bits per heavy atom. The van der Waals surface area contributed by atoms with Gasteiger partial charge in [-0.05, 0) is 39.1 Å². The first-order valence-electron chi connectivity index (χ1n) is 6.07. The number of sulfonamides is 1. The van der Waals surface area contributed by atoms with Gasteiger partial charge in [0.05, 0.1) is 12.2 Å². The van der Waals surface area contributed by atoms with Gasteiger partial charge in [0, 0.05) is 11.7 Å². The minimum Gasteiger partial charge on any atom is -0.398 e. The van der Waals surface area contributed by atoms with E-state index in [1.54, 1.807) is 11.0 Å². The van der Waals surface area contributed by atoms with Gasteiger partial charge in [-0.25, -0.2) is 13.1 Å². The summed E-state index contributed by atoms with van der Waals surface area (Å²) in [5.74, 6) is -0.468. The van der Waals surface area contributed by atoms with Crippen molar-refractivity contribution in [2.75, 3.05) is 24.2 Å². The van der Waals surface area contributed by atoms with Crippen LogP contribution in [-0.4, -0.2) is 34.0 Å². The van der Waals surface area contributed by atoms with Crippen molar-refractivity contribution in [3.63, 3.8) is 0 Å².